The van der Waals surface area contributed by atoms with Gasteiger partial charge in [-0.05, 0) is 29.8 Å². The van der Waals surface area contributed by atoms with Gasteiger partial charge in [-0.25, -0.2) is 4.39 Å². The van der Waals surface area contributed by atoms with E-state index in [1.165, 1.54) is 17.7 Å². The summed E-state index contributed by atoms with van der Waals surface area (Å²) < 4.78 is 15.0. The predicted molar refractivity (Wildman–Crippen MR) is 94.8 cm³/mol. The zero-order valence-corrected chi connectivity index (χ0v) is 13.8. The van der Waals surface area contributed by atoms with Crippen LogP contribution in [-0.4, -0.2) is 9.78 Å². The van der Waals surface area contributed by atoms with Crippen LogP contribution in [0.25, 0.3) is 11.3 Å². The largest absolute Gasteiger partial charge is 0.308 e. The van der Waals surface area contributed by atoms with Crippen LogP contribution in [0.2, 0.25) is 0 Å². The van der Waals surface area contributed by atoms with Gasteiger partial charge in [0.25, 0.3) is 0 Å². The average molecular weight is 334 g/mol. The molecule has 5 heteroatoms. The Morgan fingerprint density at radius 2 is 1.80 bits per heavy atom. The Kier molecular flexibility index (Phi) is 5.55. The smallest absolute Gasteiger partial charge is 0.123 e. The van der Waals surface area contributed by atoms with Crippen molar-refractivity contribution in [2.45, 2.75) is 26.1 Å². The lowest BCUT2D eigenvalue weighted by Crippen LogP contribution is -2.12. The fraction of sp³-hybridized carbons (Fsp3) is 0.200. The molecule has 0 bridgehead atoms. The molecule has 0 amide bonds. The Labute approximate surface area is 146 Å². The second kappa shape index (κ2) is 8.22. The molecule has 0 aliphatic rings. The highest BCUT2D eigenvalue weighted by atomic mass is 19.1. The molecule has 0 spiro atoms. The number of benzene rings is 2. The van der Waals surface area contributed by atoms with Crippen molar-refractivity contribution >= 4 is 0 Å². The van der Waals surface area contributed by atoms with Crippen molar-refractivity contribution in [3.05, 3.63) is 77.7 Å². The van der Waals surface area contributed by atoms with Crippen LogP contribution in [0, 0.1) is 17.1 Å². The summed E-state index contributed by atoms with van der Waals surface area (Å²) in [6.45, 7) is 1.95. The minimum Gasteiger partial charge on any atom is -0.308 e. The average Bonchev–Trinajstić information content (AvgIpc) is 3.04. The molecule has 0 atom stereocenters. The molecule has 0 fully saturated rings. The van der Waals surface area contributed by atoms with Crippen LogP contribution < -0.4 is 5.32 Å². The van der Waals surface area contributed by atoms with Crippen molar-refractivity contribution in [3.8, 4) is 17.3 Å². The molecule has 2 aromatic carbocycles. The third-order valence-corrected chi connectivity index (χ3v) is 3.90. The normalized spacial score (nSPS) is 10.6. The van der Waals surface area contributed by atoms with Crippen LogP contribution in [0.4, 0.5) is 4.39 Å². The maximum absolute atomic E-state index is 13.2. The zero-order valence-electron chi connectivity index (χ0n) is 13.8. The van der Waals surface area contributed by atoms with E-state index >= 15 is 0 Å². The molecule has 3 aromatic rings. The summed E-state index contributed by atoms with van der Waals surface area (Å²) in [5.74, 6) is -0.267. The Morgan fingerprint density at radius 3 is 2.52 bits per heavy atom. The summed E-state index contributed by atoms with van der Waals surface area (Å²) in [5.41, 5.74) is 3.93. The summed E-state index contributed by atoms with van der Waals surface area (Å²) in [7, 11) is 0. The number of aromatic nitrogens is 2. The van der Waals surface area contributed by atoms with Gasteiger partial charge >= 0.3 is 0 Å². The molecule has 4 nitrogen and oxygen atoms in total. The Morgan fingerprint density at radius 1 is 1.04 bits per heavy atom. The Hall–Kier alpha value is -2.97. The van der Waals surface area contributed by atoms with E-state index in [9.17, 15) is 4.39 Å². The van der Waals surface area contributed by atoms with E-state index in [4.69, 9.17) is 5.26 Å². The van der Waals surface area contributed by atoms with Crippen molar-refractivity contribution in [3.63, 3.8) is 0 Å². The molecule has 0 aliphatic heterocycles. The first kappa shape index (κ1) is 16.9. The summed E-state index contributed by atoms with van der Waals surface area (Å²) in [6.07, 6.45) is 2.36. The minimum absolute atomic E-state index is 0.267. The van der Waals surface area contributed by atoms with Crippen molar-refractivity contribution in [2.75, 3.05) is 0 Å². The topological polar surface area (TPSA) is 53.6 Å². The highest BCUT2D eigenvalue weighted by molar-refractivity contribution is 5.62. The molecule has 0 aliphatic carbocycles. The standard InChI is InChI=1S/C20H19FN4/c21-19-9-7-17(8-10-19)20-18(15-25(24-20)12-4-11-22)14-23-13-16-5-2-1-3-6-16/h1-3,5-10,15,23H,4,12-14H2. The lowest BCUT2D eigenvalue weighted by Gasteiger charge is -2.05. The van der Waals surface area contributed by atoms with Crippen molar-refractivity contribution in [1.29, 1.82) is 5.26 Å². The number of hydrogen-bond donors (Lipinski definition) is 1. The van der Waals surface area contributed by atoms with E-state index in [0.717, 1.165) is 23.4 Å². The molecule has 0 unspecified atom stereocenters. The zero-order chi connectivity index (χ0) is 17.5. The molecular formula is C20H19FN4. The lowest BCUT2D eigenvalue weighted by molar-refractivity contribution is 0.625. The van der Waals surface area contributed by atoms with Gasteiger partial charge in [0.1, 0.15) is 5.82 Å². The molecule has 0 saturated carbocycles. The number of hydrogen-bond acceptors (Lipinski definition) is 3. The molecule has 3 rings (SSSR count). The second-order valence-corrected chi connectivity index (χ2v) is 5.77. The van der Waals surface area contributed by atoms with E-state index in [2.05, 4.69) is 28.6 Å². The first-order valence-corrected chi connectivity index (χ1v) is 8.20. The summed E-state index contributed by atoms with van der Waals surface area (Å²) in [4.78, 5) is 0. The quantitative estimate of drug-likeness (QED) is 0.713. The van der Waals surface area contributed by atoms with E-state index < -0.39 is 0 Å². The van der Waals surface area contributed by atoms with E-state index in [1.807, 2.05) is 24.4 Å². The van der Waals surface area contributed by atoms with E-state index in [1.54, 1.807) is 16.8 Å². The van der Waals surface area contributed by atoms with E-state index in [-0.39, 0.29) is 5.82 Å². The third-order valence-electron chi connectivity index (χ3n) is 3.90. The molecule has 126 valence electrons. The minimum atomic E-state index is -0.267. The van der Waals surface area contributed by atoms with Crippen LogP contribution in [0.5, 0.6) is 0 Å². The Bertz CT molecular complexity index is 848. The van der Waals surface area contributed by atoms with Crippen LogP contribution in [0.15, 0.2) is 60.8 Å². The van der Waals surface area contributed by atoms with Gasteiger partial charge in [-0.3, -0.25) is 4.68 Å². The molecule has 0 saturated heterocycles. The van der Waals surface area contributed by atoms with E-state index in [0.29, 0.717) is 19.5 Å². The van der Waals surface area contributed by atoms with Gasteiger partial charge in [-0.15, -0.1) is 0 Å². The maximum Gasteiger partial charge on any atom is 0.123 e. The van der Waals surface area contributed by atoms with Gasteiger partial charge in [0.15, 0.2) is 0 Å². The Balaban J connectivity index is 1.77. The predicted octanol–water partition coefficient (Wildman–Crippen LogP) is 3.89. The number of nitrogens with zero attached hydrogens (tertiary/aromatic N) is 3. The monoisotopic (exact) mass is 334 g/mol. The molecular weight excluding hydrogens is 315 g/mol. The molecule has 0 radical (unpaired) electrons. The van der Waals surface area contributed by atoms with Gasteiger partial charge in [-0.2, -0.15) is 10.4 Å². The highest BCUT2D eigenvalue weighted by Crippen LogP contribution is 2.22. The number of rotatable bonds is 7. The second-order valence-electron chi connectivity index (χ2n) is 5.77. The summed E-state index contributed by atoms with van der Waals surface area (Å²) in [6, 6.07) is 18.6. The number of nitriles is 1. The van der Waals surface area contributed by atoms with Crippen molar-refractivity contribution in [1.82, 2.24) is 15.1 Å². The molecule has 1 aromatic heterocycles. The maximum atomic E-state index is 13.2. The first-order valence-electron chi connectivity index (χ1n) is 8.20. The molecule has 1 N–H and O–H groups in total. The van der Waals surface area contributed by atoms with Crippen LogP contribution in [-0.2, 0) is 19.6 Å². The van der Waals surface area contributed by atoms with Gasteiger partial charge in [0, 0.05) is 30.4 Å². The van der Waals surface area contributed by atoms with Gasteiger partial charge in [-0.1, -0.05) is 30.3 Å². The van der Waals surface area contributed by atoms with Crippen LogP contribution in [0.1, 0.15) is 17.5 Å². The van der Waals surface area contributed by atoms with Gasteiger partial charge < -0.3 is 5.32 Å². The van der Waals surface area contributed by atoms with Crippen molar-refractivity contribution < 1.29 is 4.39 Å². The first-order chi connectivity index (χ1) is 12.3. The summed E-state index contributed by atoms with van der Waals surface area (Å²) in [5, 5.41) is 16.8. The van der Waals surface area contributed by atoms with Crippen LogP contribution >= 0.6 is 0 Å². The number of halogens is 1. The third kappa shape index (κ3) is 4.52. The number of nitrogens with one attached hydrogen (secondary N) is 1. The fourth-order valence-electron chi connectivity index (χ4n) is 2.66. The molecule has 25 heavy (non-hydrogen) atoms. The van der Waals surface area contributed by atoms with Gasteiger partial charge in [0.05, 0.1) is 24.7 Å². The summed E-state index contributed by atoms with van der Waals surface area (Å²) >= 11 is 0. The van der Waals surface area contributed by atoms with Crippen molar-refractivity contribution in [2.24, 2.45) is 0 Å². The van der Waals surface area contributed by atoms with Gasteiger partial charge in [0.2, 0.25) is 0 Å². The number of aryl methyl sites for hydroxylation is 1. The molecule has 1 heterocycles. The SMILES string of the molecule is N#CCCn1cc(CNCc2ccccc2)c(-c2ccc(F)cc2)n1. The van der Waals surface area contributed by atoms with Crippen LogP contribution in [0.3, 0.4) is 0 Å². The lowest BCUT2D eigenvalue weighted by atomic mass is 10.1. The highest BCUT2D eigenvalue weighted by Gasteiger charge is 2.11. The fourth-order valence-corrected chi connectivity index (χ4v) is 2.66.